The molecule has 0 spiro atoms. The van der Waals surface area contributed by atoms with E-state index >= 15 is 0 Å². The highest BCUT2D eigenvalue weighted by molar-refractivity contribution is 5.87. The Kier molecular flexibility index (Phi) is 7.39. The molecule has 0 radical (unpaired) electrons. The molecule has 0 fully saturated rings. The Morgan fingerprint density at radius 3 is 1.73 bits per heavy atom. The molecule has 3 aromatic rings. The van der Waals surface area contributed by atoms with Crippen LogP contribution >= 0.6 is 0 Å². The van der Waals surface area contributed by atoms with E-state index in [-0.39, 0.29) is 17.7 Å². The maximum Gasteiger partial charge on any atom is 0.242 e. The zero-order valence-corrected chi connectivity index (χ0v) is 17.5. The Hall–Kier alpha value is -3.40. The molecule has 0 aliphatic rings. The molecule has 0 aliphatic carbocycles. The molecule has 1 N–H and O–H groups in total. The van der Waals surface area contributed by atoms with Crippen molar-refractivity contribution in [2.24, 2.45) is 0 Å². The van der Waals surface area contributed by atoms with Crippen molar-refractivity contribution in [1.29, 1.82) is 0 Å². The molecule has 0 bridgehead atoms. The van der Waals surface area contributed by atoms with Gasteiger partial charge >= 0.3 is 0 Å². The normalized spacial score (nSPS) is 11.7. The van der Waals surface area contributed by atoms with Crippen LogP contribution in [0.3, 0.4) is 0 Å². The fourth-order valence-corrected chi connectivity index (χ4v) is 3.66. The summed E-state index contributed by atoms with van der Waals surface area (Å²) in [4.78, 5) is 27.6. The topological polar surface area (TPSA) is 49.4 Å². The van der Waals surface area contributed by atoms with Crippen LogP contribution < -0.4 is 5.32 Å². The number of likely N-dealkylation sites (N-methyl/N-ethyl adjacent to an activating group) is 1. The first-order chi connectivity index (χ1) is 14.6. The van der Waals surface area contributed by atoms with E-state index in [0.717, 1.165) is 16.7 Å². The number of rotatable bonds is 8. The first-order valence-electron chi connectivity index (χ1n) is 10.2. The lowest BCUT2D eigenvalue weighted by Crippen LogP contribution is -2.47. The van der Waals surface area contributed by atoms with E-state index < -0.39 is 6.04 Å². The van der Waals surface area contributed by atoms with Crippen molar-refractivity contribution < 1.29 is 9.59 Å². The second kappa shape index (κ2) is 10.4. The Labute approximate surface area is 178 Å². The third kappa shape index (κ3) is 5.35. The molecular weight excluding hydrogens is 372 g/mol. The highest BCUT2D eigenvalue weighted by atomic mass is 16.2. The second-order valence-electron chi connectivity index (χ2n) is 7.38. The van der Waals surface area contributed by atoms with Crippen LogP contribution in [-0.2, 0) is 16.1 Å². The van der Waals surface area contributed by atoms with Crippen molar-refractivity contribution in [3.05, 3.63) is 108 Å². The van der Waals surface area contributed by atoms with Crippen molar-refractivity contribution in [3.63, 3.8) is 0 Å². The van der Waals surface area contributed by atoms with Crippen LogP contribution in [0.2, 0.25) is 0 Å². The van der Waals surface area contributed by atoms with Crippen LogP contribution in [-0.4, -0.2) is 29.8 Å². The second-order valence-corrected chi connectivity index (χ2v) is 7.38. The Morgan fingerprint density at radius 2 is 1.27 bits per heavy atom. The summed E-state index contributed by atoms with van der Waals surface area (Å²) in [6, 6.07) is 29.3. The summed E-state index contributed by atoms with van der Waals surface area (Å²) in [5.74, 6) is -0.294. The molecule has 0 heterocycles. The molecule has 2 amide bonds. The average molecular weight is 401 g/mol. The lowest BCUT2D eigenvalue weighted by Gasteiger charge is -2.30. The fourth-order valence-electron chi connectivity index (χ4n) is 3.66. The zero-order chi connectivity index (χ0) is 21.3. The minimum atomic E-state index is -0.560. The summed E-state index contributed by atoms with van der Waals surface area (Å²) in [6.07, 6.45) is 0.294. The van der Waals surface area contributed by atoms with Crippen molar-refractivity contribution in [2.75, 3.05) is 7.05 Å². The van der Waals surface area contributed by atoms with Gasteiger partial charge in [-0.15, -0.1) is 0 Å². The van der Waals surface area contributed by atoms with E-state index in [4.69, 9.17) is 0 Å². The maximum absolute atomic E-state index is 13.5. The monoisotopic (exact) mass is 400 g/mol. The van der Waals surface area contributed by atoms with Gasteiger partial charge in [0.05, 0.1) is 0 Å². The number of hydrogen-bond acceptors (Lipinski definition) is 2. The van der Waals surface area contributed by atoms with Gasteiger partial charge in [0.25, 0.3) is 0 Å². The van der Waals surface area contributed by atoms with Gasteiger partial charge in [-0.2, -0.15) is 0 Å². The summed E-state index contributed by atoms with van der Waals surface area (Å²) in [5, 5.41) is 2.67. The van der Waals surface area contributed by atoms with Gasteiger partial charge in [0.1, 0.15) is 6.04 Å². The van der Waals surface area contributed by atoms with Crippen LogP contribution in [0.1, 0.15) is 36.0 Å². The number of benzene rings is 3. The van der Waals surface area contributed by atoms with Gasteiger partial charge in [0.15, 0.2) is 0 Å². The van der Waals surface area contributed by atoms with Gasteiger partial charge in [0.2, 0.25) is 11.8 Å². The summed E-state index contributed by atoms with van der Waals surface area (Å²) >= 11 is 0. The van der Waals surface area contributed by atoms with Crippen LogP contribution in [0.5, 0.6) is 0 Å². The molecule has 30 heavy (non-hydrogen) atoms. The van der Waals surface area contributed by atoms with Gasteiger partial charge in [-0.05, 0) is 23.6 Å². The molecule has 3 aromatic carbocycles. The molecule has 0 saturated heterocycles. The Bertz CT molecular complexity index is 903. The van der Waals surface area contributed by atoms with Crippen molar-refractivity contribution in [3.8, 4) is 0 Å². The minimum Gasteiger partial charge on any atom is -0.357 e. The van der Waals surface area contributed by atoms with E-state index in [0.29, 0.717) is 13.0 Å². The van der Waals surface area contributed by atoms with E-state index in [1.807, 2.05) is 66.7 Å². The van der Waals surface area contributed by atoms with Crippen molar-refractivity contribution >= 4 is 11.8 Å². The largest absolute Gasteiger partial charge is 0.357 e. The highest BCUT2D eigenvalue weighted by Gasteiger charge is 2.28. The van der Waals surface area contributed by atoms with Gasteiger partial charge in [-0.1, -0.05) is 91.0 Å². The summed E-state index contributed by atoms with van der Waals surface area (Å²) in [6.45, 7) is 2.17. The zero-order valence-electron chi connectivity index (χ0n) is 17.5. The quantitative estimate of drug-likeness (QED) is 0.610. The molecule has 0 saturated carbocycles. The third-order valence-electron chi connectivity index (χ3n) is 5.39. The molecule has 3 rings (SSSR count). The number of amides is 2. The molecule has 154 valence electrons. The summed E-state index contributed by atoms with van der Waals surface area (Å²) < 4.78 is 0. The minimum absolute atomic E-state index is 0.0485. The van der Waals surface area contributed by atoms with Gasteiger partial charge < -0.3 is 10.2 Å². The van der Waals surface area contributed by atoms with E-state index in [1.165, 1.54) is 0 Å². The number of carbonyl (C=O) groups is 2. The molecule has 4 heteroatoms. The van der Waals surface area contributed by atoms with E-state index in [1.54, 1.807) is 18.9 Å². The predicted molar refractivity (Wildman–Crippen MR) is 120 cm³/mol. The van der Waals surface area contributed by atoms with Crippen LogP contribution in [0, 0.1) is 0 Å². The molecule has 0 unspecified atom stereocenters. The third-order valence-corrected chi connectivity index (χ3v) is 5.39. The highest BCUT2D eigenvalue weighted by Crippen LogP contribution is 2.29. The molecule has 0 aliphatic heterocycles. The van der Waals surface area contributed by atoms with E-state index in [2.05, 4.69) is 29.6 Å². The lowest BCUT2D eigenvalue weighted by molar-refractivity contribution is -0.140. The first kappa shape index (κ1) is 21.3. The molecule has 1 atom stereocenters. The van der Waals surface area contributed by atoms with Gasteiger partial charge in [-0.25, -0.2) is 0 Å². The van der Waals surface area contributed by atoms with Crippen LogP contribution in [0.15, 0.2) is 91.0 Å². The standard InChI is InChI=1S/C26H28N2O2/c1-20(26(30)27-2)28(19-21-12-6-3-7-13-21)25(29)18-24(22-14-8-4-9-15-22)23-16-10-5-11-17-23/h3-17,20,24H,18-19H2,1-2H3,(H,27,30)/t20-/m0/s1. The SMILES string of the molecule is CNC(=O)[C@H](C)N(Cc1ccccc1)C(=O)CC(c1ccccc1)c1ccccc1. The number of nitrogens with zero attached hydrogens (tertiary/aromatic N) is 1. The number of nitrogens with one attached hydrogen (secondary N) is 1. The fraction of sp³-hybridized carbons (Fsp3) is 0.231. The smallest absolute Gasteiger partial charge is 0.242 e. The Morgan fingerprint density at radius 1 is 0.800 bits per heavy atom. The van der Waals surface area contributed by atoms with E-state index in [9.17, 15) is 9.59 Å². The molecular formula is C26H28N2O2. The molecule has 4 nitrogen and oxygen atoms in total. The first-order valence-corrected chi connectivity index (χ1v) is 10.2. The maximum atomic E-state index is 13.5. The number of carbonyl (C=O) groups excluding carboxylic acids is 2. The van der Waals surface area contributed by atoms with Gasteiger partial charge in [-0.3, -0.25) is 9.59 Å². The summed E-state index contributed by atoms with van der Waals surface area (Å²) in [5.41, 5.74) is 3.17. The van der Waals surface area contributed by atoms with Crippen molar-refractivity contribution in [2.45, 2.75) is 31.8 Å². The number of hydrogen-bond donors (Lipinski definition) is 1. The molecule has 0 aromatic heterocycles. The van der Waals surface area contributed by atoms with Crippen LogP contribution in [0.25, 0.3) is 0 Å². The summed E-state index contributed by atoms with van der Waals surface area (Å²) in [7, 11) is 1.60. The van der Waals surface area contributed by atoms with Crippen molar-refractivity contribution in [1.82, 2.24) is 10.2 Å². The Balaban J connectivity index is 1.90. The van der Waals surface area contributed by atoms with Gasteiger partial charge in [0, 0.05) is 25.9 Å². The average Bonchev–Trinajstić information content (AvgIpc) is 2.81. The lowest BCUT2D eigenvalue weighted by atomic mass is 9.88. The van der Waals surface area contributed by atoms with Crippen LogP contribution in [0.4, 0.5) is 0 Å². The predicted octanol–water partition coefficient (Wildman–Crippen LogP) is 4.37.